The molecule has 3 heteroatoms. The molecule has 0 aromatic heterocycles. The highest BCUT2D eigenvalue weighted by Crippen LogP contribution is 2.18. The average molecular weight is 254 g/mol. The Morgan fingerprint density at radius 1 is 1.11 bits per heavy atom. The van der Waals surface area contributed by atoms with Gasteiger partial charge in [-0.25, -0.2) is 0 Å². The van der Waals surface area contributed by atoms with E-state index < -0.39 is 0 Å². The summed E-state index contributed by atoms with van der Waals surface area (Å²) in [6.45, 7) is 3.85. The third kappa shape index (κ3) is 2.94. The van der Waals surface area contributed by atoms with Gasteiger partial charge in [-0.15, -0.1) is 0 Å². The SMILES string of the molecule is Cc1cccc(N)c1C(=O)N[C@@H](C)c1ccccc1. The monoisotopic (exact) mass is 254 g/mol. The molecule has 0 aliphatic carbocycles. The number of carbonyl (C=O) groups is 1. The third-order valence-corrected chi connectivity index (χ3v) is 3.18. The summed E-state index contributed by atoms with van der Waals surface area (Å²) in [5.74, 6) is -0.132. The summed E-state index contributed by atoms with van der Waals surface area (Å²) in [6.07, 6.45) is 0. The summed E-state index contributed by atoms with van der Waals surface area (Å²) in [6, 6.07) is 15.3. The second-order valence-electron chi connectivity index (χ2n) is 4.64. The van der Waals surface area contributed by atoms with E-state index in [0.29, 0.717) is 11.3 Å². The van der Waals surface area contributed by atoms with Crippen LogP contribution in [-0.4, -0.2) is 5.91 Å². The van der Waals surface area contributed by atoms with Crippen LogP contribution in [0.4, 0.5) is 5.69 Å². The molecule has 0 radical (unpaired) electrons. The Balaban J connectivity index is 2.18. The molecule has 3 nitrogen and oxygen atoms in total. The lowest BCUT2D eigenvalue weighted by molar-refractivity contribution is 0.0940. The number of aryl methyl sites for hydroxylation is 1. The first-order valence-electron chi connectivity index (χ1n) is 6.30. The van der Waals surface area contributed by atoms with Crippen LogP contribution in [0.25, 0.3) is 0 Å². The maximum Gasteiger partial charge on any atom is 0.254 e. The summed E-state index contributed by atoms with van der Waals surface area (Å²) >= 11 is 0. The molecule has 3 N–H and O–H groups in total. The van der Waals surface area contributed by atoms with Gasteiger partial charge in [0.15, 0.2) is 0 Å². The zero-order valence-corrected chi connectivity index (χ0v) is 11.2. The Labute approximate surface area is 113 Å². The van der Waals surface area contributed by atoms with E-state index in [0.717, 1.165) is 11.1 Å². The standard InChI is InChI=1S/C16H18N2O/c1-11-7-6-10-14(17)15(11)16(19)18-12(2)13-8-4-3-5-9-13/h3-10,12H,17H2,1-2H3,(H,18,19)/t12-/m0/s1. The van der Waals surface area contributed by atoms with E-state index in [1.807, 2.05) is 56.3 Å². The fourth-order valence-electron chi connectivity index (χ4n) is 2.09. The Hall–Kier alpha value is -2.29. The van der Waals surface area contributed by atoms with Gasteiger partial charge >= 0.3 is 0 Å². The molecule has 1 atom stereocenters. The molecule has 0 bridgehead atoms. The van der Waals surface area contributed by atoms with Crippen LogP contribution in [0.2, 0.25) is 0 Å². The van der Waals surface area contributed by atoms with Crippen LogP contribution in [-0.2, 0) is 0 Å². The maximum absolute atomic E-state index is 12.3. The van der Waals surface area contributed by atoms with Crippen LogP contribution < -0.4 is 11.1 Å². The van der Waals surface area contributed by atoms with Gasteiger partial charge in [0, 0.05) is 5.69 Å². The number of hydrogen-bond donors (Lipinski definition) is 2. The van der Waals surface area contributed by atoms with Crippen LogP contribution in [0.5, 0.6) is 0 Å². The molecule has 0 fully saturated rings. The molecule has 2 aromatic carbocycles. The van der Waals surface area contributed by atoms with Crippen molar-refractivity contribution in [1.82, 2.24) is 5.32 Å². The van der Waals surface area contributed by atoms with E-state index in [2.05, 4.69) is 5.32 Å². The molecular formula is C16H18N2O. The van der Waals surface area contributed by atoms with Crippen LogP contribution >= 0.6 is 0 Å². The molecule has 2 rings (SSSR count). The van der Waals surface area contributed by atoms with E-state index in [9.17, 15) is 4.79 Å². The molecule has 98 valence electrons. The van der Waals surface area contributed by atoms with E-state index >= 15 is 0 Å². The first-order valence-corrected chi connectivity index (χ1v) is 6.30. The van der Waals surface area contributed by atoms with Crippen molar-refractivity contribution in [2.45, 2.75) is 19.9 Å². The lowest BCUT2D eigenvalue weighted by atomic mass is 10.0. The van der Waals surface area contributed by atoms with Crippen LogP contribution in [0.3, 0.4) is 0 Å². The predicted molar refractivity (Wildman–Crippen MR) is 77.9 cm³/mol. The molecule has 2 aromatic rings. The van der Waals surface area contributed by atoms with Gasteiger partial charge < -0.3 is 11.1 Å². The maximum atomic E-state index is 12.3. The summed E-state index contributed by atoms with van der Waals surface area (Å²) in [7, 11) is 0. The van der Waals surface area contributed by atoms with Gasteiger partial charge in [-0.3, -0.25) is 4.79 Å². The number of hydrogen-bond acceptors (Lipinski definition) is 2. The van der Waals surface area contributed by atoms with E-state index in [-0.39, 0.29) is 11.9 Å². The molecule has 0 spiro atoms. The third-order valence-electron chi connectivity index (χ3n) is 3.18. The van der Waals surface area contributed by atoms with Gasteiger partial charge in [0.1, 0.15) is 0 Å². The smallest absolute Gasteiger partial charge is 0.254 e. The van der Waals surface area contributed by atoms with Gasteiger partial charge in [0.25, 0.3) is 5.91 Å². The van der Waals surface area contributed by atoms with E-state index in [1.165, 1.54) is 0 Å². The highest BCUT2D eigenvalue weighted by Gasteiger charge is 2.15. The average Bonchev–Trinajstić information content (AvgIpc) is 2.39. The number of anilines is 1. The number of nitrogen functional groups attached to an aromatic ring is 1. The van der Waals surface area contributed by atoms with Gasteiger partial charge in [-0.2, -0.15) is 0 Å². The number of rotatable bonds is 3. The van der Waals surface area contributed by atoms with Crippen LogP contribution in [0, 0.1) is 6.92 Å². The van der Waals surface area contributed by atoms with Gasteiger partial charge in [0.05, 0.1) is 11.6 Å². The number of amides is 1. The van der Waals surface area contributed by atoms with Crippen molar-refractivity contribution in [3.05, 3.63) is 65.2 Å². The Morgan fingerprint density at radius 2 is 1.79 bits per heavy atom. The summed E-state index contributed by atoms with van der Waals surface area (Å²) < 4.78 is 0. The van der Waals surface area contributed by atoms with Crippen molar-refractivity contribution < 1.29 is 4.79 Å². The molecule has 0 aliphatic heterocycles. The Kier molecular flexibility index (Phi) is 3.85. The Bertz CT molecular complexity index is 558. The van der Waals surface area contributed by atoms with Crippen molar-refractivity contribution in [1.29, 1.82) is 0 Å². The lowest BCUT2D eigenvalue weighted by Crippen LogP contribution is -2.28. The number of carbonyl (C=O) groups excluding carboxylic acids is 1. The molecule has 0 saturated heterocycles. The highest BCUT2D eigenvalue weighted by molar-refractivity contribution is 6.00. The predicted octanol–water partition coefficient (Wildman–Crippen LogP) is 3.07. The Morgan fingerprint density at radius 3 is 2.42 bits per heavy atom. The molecule has 19 heavy (non-hydrogen) atoms. The van der Waals surface area contributed by atoms with Crippen molar-refractivity contribution in [3.8, 4) is 0 Å². The van der Waals surface area contributed by atoms with Crippen molar-refractivity contribution in [2.24, 2.45) is 0 Å². The molecule has 0 saturated carbocycles. The normalized spacial score (nSPS) is 11.9. The van der Waals surface area contributed by atoms with Crippen molar-refractivity contribution in [3.63, 3.8) is 0 Å². The fourth-order valence-corrected chi connectivity index (χ4v) is 2.09. The summed E-state index contributed by atoms with van der Waals surface area (Å²) in [4.78, 5) is 12.3. The molecule has 1 amide bonds. The quantitative estimate of drug-likeness (QED) is 0.827. The summed E-state index contributed by atoms with van der Waals surface area (Å²) in [5, 5.41) is 2.98. The number of nitrogens with one attached hydrogen (secondary N) is 1. The van der Waals surface area contributed by atoms with Gasteiger partial charge in [-0.05, 0) is 31.0 Å². The van der Waals surface area contributed by atoms with Crippen molar-refractivity contribution >= 4 is 11.6 Å². The second-order valence-corrected chi connectivity index (χ2v) is 4.64. The number of nitrogens with two attached hydrogens (primary N) is 1. The van der Waals surface area contributed by atoms with E-state index in [1.54, 1.807) is 6.07 Å². The highest BCUT2D eigenvalue weighted by atomic mass is 16.1. The topological polar surface area (TPSA) is 55.1 Å². The lowest BCUT2D eigenvalue weighted by Gasteiger charge is -2.16. The minimum atomic E-state index is -0.132. The summed E-state index contributed by atoms with van der Waals surface area (Å²) in [5.41, 5.74) is 8.91. The zero-order chi connectivity index (χ0) is 13.8. The minimum absolute atomic E-state index is 0.0484. The minimum Gasteiger partial charge on any atom is -0.398 e. The van der Waals surface area contributed by atoms with E-state index in [4.69, 9.17) is 5.73 Å². The van der Waals surface area contributed by atoms with Crippen LogP contribution in [0.15, 0.2) is 48.5 Å². The van der Waals surface area contributed by atoms with Gasteiger partial charge in [-0.1, -0.05) is 42.5 Å². The molecule has 0 unspecified atom stereocenters. The molecule has 0 aliphatic rings. The molecule has 0 heterocycles. The van der Waals surface area contributed by atoms with Crippen LogP contribution in [0.1, 0.15) is 34.5 Å². The second kappa shape index (κ2) is 5.57. The van der Waals surface area contributed by atoms with Crippen molar-refractivity contribution in [2.75, 3.05) is 5.73 Å². The first kappa shape index (κ1) is 13.1. The number of benzene rings is 2. The molecular weight excluding hydrogens is 236 g/mol. The van der Waals surface area contributed by atoms with Gasteiger partial charge in [0.2, 0.25) is 0 Å². The largest absolute Gasteiger partial charge is 0.398 e. The zero-order valence-electron chi connectivity index (χ0n) is 11.2. The fraction of sp³-hybridized carbons (Fsp3) is 0.188. The first-order chi connectivity index (χ1) is 9.09.